The predicted octanol–water partition coefficient (Wildman–Crippen LogP) is 7.67. The van der Waals surface area contributed by atoms with E-state index < -0.39 is 10.0 Å². The van der Waals surface area contributed by atoms with Gasteiger partial charge in [0.2, 0.25) is 15.8 Å². The SMILES string of the molecule is COc1cc2c3cc1Oc1c(OC)c(OC)cc4c1[C@H](Cc1ccc(OCCCNS(=O)(=O)c5ccc6c(c5)OCCO6)c(c1)Oc1ccc(cc1)C[C@H]3N(C)CC2)N(C)CC4. The average molecular weight is 864 g/mol. The third-order valence-electron chi connectivity index (χ3n) is 12.3. The van der Waals surface area contributed by atoms with Crippen molar-refractivity contribution in [3.05, 3.63) is 112 Å². The molecule has 6 bridgehead atoms. The molecule has 62 heavy (non-hydrogen) atoms. The molecule has 2 atom stereocenters. The van der Waals surface area contributed by atoms with Gasteiger partial charge in [-0.1, -0.05) is 18.2 Å². The van der Waals surface area contributed by atoms with Gasteiger partial charge in [-0.05, 0) is 129 Å². The first-order chi connectivity index (χ1) is 30.1. The zero-order valence-corrected chi connectivity index (χ0v) is 36.6. The lowest BCUT2D eigenvalue weighted by atomic mass is 9.87. The molecule has 5 aromatic rings. The number of nitrogens with one attached hydrogen (secondary N) is 1. The number of sulfonamides is 1. The van der Waals surface area contributed by atoms with Crippen molar-refractivity contribution in [2.24, 2.45) is 0 Å². The minimum Gasteiger partial charge on any atom is -0.493 e. The first-order valence-electron chi connectivity index (χ1n) is 21.1. The Balaban J connectivity index is 1.05. The smallest absolute Gasteiger partial charge is 0.240 e. The molecule has 5 heterocycles. The zero-order chi connectivity index (χ0) is 43.0. The normalized spacial score (nSPS) is 18.3. The van der Waals surface area contributed by atoms with Gasteiger partial charge in [0.15, 0.2) is 46.0 Å². The molecule has 0 spiro atoms. The van der Waals surface area contributed by atoms with E-state index in [0.717, 1.165) is 49.0 Å². The Kier molecular flexibility index (Phi) is 11.8. The topological polar surface area (TPSA) is 126 Å². The van der Waals surface area contributed by atoms with E-state index in [1.54, 1.807) is 27.4 Å². The predicted molar refractivity (Wildman–Crippen MR) is 234 cm³/mol. The third kappa shape index (κ3) is 8.31. The lowest BCUT2D eigenvalue weighted by molar-refractivity contribution is 0.171. The van der Waals surface area contributed by atoms with Crippen molar-refractivity contribution in [2.75, 3.05) is 74.9 Å². The summed E-state index contributed by atoms with van der Waals surface area (Å²) in [5.74, 6) is 5.77. The minimum absolute atomic E-state index is 0.0976. The van der Waals surface area contributed by atoms with Crippen molar-refractivity contribution >= 4 is 10.0 Å². The Morgan fingerprint density at radius 1 is 0.677 bits per heavy atom. The number of fused-ring (bicyclic) bond motifs is 3. The van der Waals surface area contributed by atoms with Crippen LogP contribution in [0.25, 0.3) is 0 Å². The average Bonchev–Trinajstić information content (AvgIpc) is 3.28. The van der Waals surface area contributed by atoms with Gasteiger partial charge in [-0.2, -0.15) is 0 Å². The Morgan fingerprint density at radius 3 is 2.15 bits per heavy atom. The van der Waals surface area contributed by atoms with Crippen LogP contribution in [0.15, 0.2) is 83.8 Å². The second-order valence-electron chi connectivity index (χ2n) is 16.2. The number of hydrogen-bond acceptors (Lipinski definition) is 12. The molecule has 5 aromatic carbocycles. The number of likely N-dealkylation sites (N-methyl/N-ethyl adjacent to an activating group) is 2. The highest BCUT2D eigenvalue weighted by Gasteiger charge is 2.35. The molecular weight excluding hydrogens is 811 g/mol. The number of nitrogens with zero attached hydrogens (tertiary/aromatic N) is 2. The molecule has 0 aromatic heterocycles. The highest BCUT2D eigenvalue weighted by atomic mass is 32.2. The summed E-state index contributed by atoms with van der Waals surface area (Å²) in [5.41, 5.74) is 6.80. The Morgan fingerprint density at radius 2 is 1.37 bits per heavy atom. The molecule has 326 valence electrons. The summed E-state index contributed by atoms with van der Waals surface area (Å²) >= 11 is 0. The van der Waals surface area contributed by atoms with Crippen LogP contribution in [0.5, 0.6) is 57.5 Å². The molecule has 0 aliphatic carbocycles. The van der Waals surface area contributed by atoms with Gasteiger partial charge in [-0.25, -0.2) is 13.1 Å². The first-order valence-corrected chi connectivity index (χ1v) is 22.6. The van der Waals surface area contributed by atoms with Gasteiger partial charge >= 0.3 is 0 Å². The van der Waals surface area contributed by atoms with E-state index in [0.29, 0.717) is 83.6 Å². The summed E-state index contributed by atoms with van der Waals surface area (Å²) in [5, 5.41) is 0. The molecule has 5 aliphatic rings. The lowest BCUT2D eigenvalue weighted by Gasteiger charge is -2.37. The summed E-state index contributed by atoms with van der Waals surface area (Å²) in [7, 11) is 5.52. The van der Waals surface area contributed by atoms with Gasteiger partial charge < -0.3 is 37.9 Å². The monoisotopic (exact) mass is 863 g/mol. The lowest BCUT2D eigenvalue weighted by Crippen LogP contribution is -2.34. The molecule has 5 aliphatic heterocycles. The van der Waals surface area contributed by atoms with Crippen molar-refractivity contribution in [2.45, 2.75) is 49.1 Å². The van der Waals surface area contributed by atoms with Crippen LogP contribution in [0.3, 0.4) is 0 Å². The molecule has 0 amide bonds. The third-order valence-corrected chi connectivity index (χ3v) is 13.8. The summed E-state index contributed by atoms with van der Waals surface area (Å²) in [6.07, 6.45) is 3.52. The van der Waals surface area contributed by atoms with Crippen molar-refractivity contribution in [3.8, 4) is 57.5 Å². The van der Waals surface area contributed by atoms with E-state index in [4.69, 9.17) is 37.9 Å². The number of ether oxygens (including phenoxy) is 8. The van der Waals surface area contributed by atoms with Gasteiger partial charge in [-0.3, -0.25) is 9.80 Å². The van der Waals surface area contributed by atoms with Crippen LogP contribution >= 0.6 is 0 Å². The van der Waals surface area contributed by atoms with E-state index in [1.165, 1.54) is 28.8 Å². The summed E-state index contributed by atoms with van der Waals surface area (Å²) in [6.45, 7) is 2.97. The molecule has 0 saturated carbocycles. The van der Waals surface area contributed by atoms with E-state index in [9.17, 15) is 8.42 Å². The molecule has 1 N–H and O–H groups in total. The van der Waals surface area contributed by atoms with Crippen LogP contribution in [0.4, 0.5) is 0 Å². The van der Waals surface area contributed by atoms with Crippen LogP contribution in [0, 0.1) is 0 Å². The van der Waals surface area contributed by atoms with Crippen LogP contribution in [-0.4, -0.2) is 93.1 Å². The van der Waals surface area contributed by atoms with Crippen molar-refractivity contribution in [1.29, 1.82) is 0 Å². The highest BCUT2D eigenvalue weighted by Crippen LogP contribution is 2.52. The second-order valence-corrected chi connectivity index (χ2v) is 17.9. The molecule has 0 saturated heterocycles. The second kappa shape index (κ2) is 17.6. The largest absolute Gasteiger partial charge is 0.493 e. The Labute approximate surface area is 363 Å². The summed E-state index contributed by atoms with van der Waals surface area (Å²) in [4.78, 5) is 4.87. The molecule has 0 unspecified atom stereocenters. The highest BCUT2D eigenvalue weighted by molar-refractivity contribution is 7.89. The Hall–Kier alpha value is -5.67. The molecule has 10 rings (SSSR count). The van der Waals surface area contributed by atoms with Crippen molar-refractivity contribution in [1.82, 2.24) is 14.5 Å². The van der Waals surface area contributed by atoms with E-state index >= 15 is 0 Å². The van der Waals surface area contributed by atoms with Gasteiger partial charge in [0, 0.05) is 43.3 Å². The van der Waals surface area contributed by atoms with E-state index in [1.807, 2.05) is 24.3 Å². The van der Waals surface area contributed by atoms with E-state index in [-0.39, 0.29) is 30.1 Å². The molecule has 0 radical (unpaired) electrons. The fourth-order valence-corrected chi connectivity index (χ4v) is 10.1. The van der Waals surface area contributed by atoms with Crippen molar-refractivity contribution < 1.29 is 46.3 Å². The maximum absolute atomic E-state index is 13.1. The summed E-state index contributed by atoms with van der Waals surface area (Å²) in [6, 6.07) is 25.2. The standard InChI is InChI=1S/C48H53N3O10S/c1-50-18-15-32-26-41(54-3)44-29-36(32)37(50)23-30-7-10-34(11-8-30)60-43-25-31(24-38-46-33(16-19-51(38)2)27-45(55-4)47(56-5)48(46)61-44)9-13-40(43)57-20-6-17-49-62(52,53)35-12-14-39-42(28-35)59-22-21-58-39/h7-14,25-29,37-38,49H,6,15-24H2,1-5H3/t37-,38+/m1/s1. The minimum atomic E-state index is -3.78. The fraction of sp³-hybridized carbons (Fsp3) is 0.375. The number of benzene rings is 5. The van der Waals surface area contributed by atoms with Crippen molar-refractivity contribution in [3.63, 3.8) is 0 Å². The molecule has 0 fully saturated rings. The van der Waals surface area contributed by atoms with Crippen LogP contribution in [-0.2, 0) is 35.7 Å². The maximum atomic E-state index is 13.1. The zero-order valence-electron chi connectivity index (χ0n) is 35.8. The first kappa shape index (κ1) is 41.7. The number of methoxy groups -OCH3 is 3. The van der Waals surface area contributed by atoms with Crippen LogP contribution in [0.2, 0.25) is 0 Å². The van der Waals surface area contributed by atoms with Gasteiger partial charge in [-0.15, -0.1) is 0 Å². The molecule has 13 nitrogen and oxygen atoms in total. The Bertz CT molecular complexity index is 2570. The molecule has 14 heteroatoms. The quantitative estimate of drug-likeness (QED) is 0.139. The van der Waals surface area contributed by atoms with Gasteiger partial charge in [0.1, 0.15) is 19.0 Å². The van der Waals surface area contributed by atoms with Gasteiger partial charge in [0.05, 0.1) is 32.8 Å². The van der Waals surface area contributed by atoms with Crippen LogP contribution in [0.1, 0.15) is 51.9 Å². The van der Waals surface area contributed by atoms with E-state index in [2.05, 4.69) is 65.0 Å². The number of rotatable bonds is 10. The maximum Gasteiger partial charge on any atom is 0.240 e. The molecular formula is C48H53N3O10S. The fourth-order valence-electron chi connectivity index (χ4n) is 8.96. The summed E-state index contributed by atoms with van der Waals surface area (Å²) < 4.78 is 78.2. The number of hydrogen-bond donors (Lipinski definition) is 1. The van der Waals surface area contributed by atoms with Crippen LogP contribution < -0.4 is 42.6 Å². The van der Waals surface area contributed by atoms with Gasteiger partial charge in [0.25, 0.3) is 0 Å².